The van der Waals surface area contributed by atoms with Crippen LogP contribution in [0.15, 0.2) is 237 Å². The van der Waals surface area contributed by atoms with Crippen LogP contribution in [0.2, 0.25) is 0 Å². The van der Waals surface area contributed by atoms with Crippen LogP contribution in [0.1, 0.15) is 25.0 Å². The molecule has 0 fully saturated rings. The van der Waals surface area contributed by atoms with Crippen LogP contribution in [0.25, 0.3) is 77.5 Å². The minimum atomic E-state index is -0.132. The molecule has 0 radical (unpaired) electrons. The molecule has 62 heavy (non-hydrogen) atoms. The number of fused-ring (bicyclic) bond motifs is 4. The molecular weight excluding hydrogens is 747 g/mol. The van der Waals surface area contributed by atoms with E-state index in [9.17, 15) is 0 Å². The van der Waals surface area contributed by atoms with Crippen molar-refractivity contribution in [2.24, 2.45) is 0 Å². The van der Waals surface area contributed by atoms with Crippen molar-refractivity contribution >= 4 is 27.8 Å². The van der Waals surface area contributed by atoms with Gasteiger partial charge in [0.05, 0.1) is 0 Å². The molecule has 1 aliphatic rings. The quantitative estimate of drug-likeness (QED) is 0.148. The first-order valence-electron chi connectivity index (χ1n) is 21.6. The fourth-order valence-corrected chi connectivity index (χ4v) is 9.87. The minimum Gasteiger partial charge on any atom is -0.310 e. The second kappa shape index (κ2) is 15.4. The van der Waals surface area contributed by atoms with Gasteiger partial charge in [0.25, 0.3) is 0 Å². The molecule has 11 rings (SSSR count). The Kier molecular flexibility index (Phi) is 9.24. The molecule has 0 saturated carbocycles. The molecule has 0 atom stereocenters. The predicted octanol–water partition coefficient (Wildman–Crippen LogP) is 17.0. The van der Waals surface area contributed by atoms with Crippen LogP contribution in [0.5, 0.6) is 0 Å². The molecule has 10 aromatic carbocycles. The third kappa shape index (κ3) is 6.42. The van der Waals surface area contributed by atoms with E-state index in [4.69, 9.17) is 0 Å². The van der Waals surface area contributed by atoms with E-state index in [1.165, 1.54) is 83.1 Å². The Morgan fingerprint density at radius 1 is 0.290 bits per heavy atom. The van der Waals surface area contributed by atoms with Crippen LogP contribution >= 0.6 is 0 Å². The third-order valence-electron chi connectivity index (χ3n) is 12.9. The summed E-state index contributed by atoms with van der Waals surface area (Å²) in [4.78, 5) is 2.44. The molecule has 0 saturated heterocycles. The lowest BCUT2D eigenvalue weighted by molar-refractivity contribution is 0.660. The summed E-state index contributed by atoms with van der Waals surface area (Å²) >= 11 is 0. The number of benzene rings is 10. The Morgan fingerprint density at radius 2 is 0.774 bits per heavy atom. The lowest BCUT2D eigenvalue weighted by Gasteiger charge is -2.29. The number of hydrogen-bond acceptors (Lipinski definition) is 1. The zero-order chi connectivity index (χ0) is 41.6. The van der Waals surface area contributed by atoms with Gasteiger partial charge >= 0.3 is 0 Å². The number of nitrogens with zero attached hydrogens (tertiary/aromatic N) is 1. The fourth-order valence-electron chi connectivity index (χ4n) is 9.87. The van der Waals surface area contributed by atoms with Crippen molar-refractivity contribution in [1.82, 2.24) is 0 Å². The Bertz CT molecular complexity index is 3240. The van der Waals surface area contributed by atoms with Gasteiger partial charge in [0.2, 0.25) is 0 Å². The molecule has 1 aliphatic carbocycles. The second-order valence-electron chi connectivity index (χ2n) is 16.9. The first-order valence-corrected chi connectivity index (χ1v) is 21.6. The van der Waals surface area contributed by atoms with Crippen molar-refractivity contribution in [1.29, 1.82) is 0 Å². The van der Waals surface area contributed by atoms with Crippen LogP contribution in [0.4, 0.5) is 17.1 Å². The molecule has 0 unspecified atom stereocenters. The molecule has 1 nitrogen and oxygen atoms in total. The van der Waals surface area contributed by atoms with Gasteiger partial charge in [0.15, 0.2) is 0 Å². The molecule has 0 N–H and O–H groups in total. The van der Waals surface area contributed by atoms with Crippen LogP contribution in [0.3, 0.4) is 0 Å². The molecule has 10 aromatic rings. The van der Waals surface area contributed by atoms with Gasteiger partial charge in [-0.2, -0.15) is 0 Å². The van der Waals surface area contributed by atoms with Gasteiger partial charge in [0, 0.05) is 22.5 Å². The van der Waals surface area contributed by atoms with E-state index in [-0.39, 0.29) is 5.41 Å². The predicted molar refractivity (Wildman–Crippen MR) is 263 cm³/mol. The summed E-state index contributed by atoms with van der Waals surface area (Å²) in [6.45, 7) is 4.72. The Hall–Kier alpha value is -7.74. The number of hydrogen-bond donors (Lipinski definition) is 0. The summed E-state index contributed by atoms with van der Waals surface area (Å²) in [5.74, 6) is 0. The van der Waals surface area contributed by atoms with Crippen LogP contribution < -0.4 is 4.90 Å². The number of anilines is 3. The number of rotatable bonds is 8. The van der Waals surface area contributed by atoms with Gasteiger partial charge in [-0.05, 0) is 125 Å². The van der Waals surface area contributed by atoms with Gasteiger partial charge in [-0.1, -0.05) is 214 Å². The molecule has 0 aromatic heterocycles. The minimum absolute atomic E-state index is 0.132. The van der Waals surface area contributed by atoms with Gasteiger partial charge in [-0.3, -0.25) is 0 Å². The lowest BCUT2D eigenvalue weighted by Crippen LogP contribution is -2.16. The summed E-state index contributed by atoms with van der Waals surface area (Å²) in [6.07, 6.45) is 0. The molecule has 0 heterocycles. The fraction of sp³-hybridized carbons (Fsp3) is 0.0492. The van der Waals surface area contributed by atoms with Crippen LogP contribution in [-0.4, -0.2) is 0 Å². The second-order valence-corrected chi connectivity index (χ2v) is 16.9. The average Bonchev–Trinajstić information content (AvgIpc) is 3.57. The maximum atomic E-state index is 2.44. The maximum absolute atomic E-state index is 2.44. The maximum Gasteiger partial charge on any atom is 0.0467 e. The Balaban J connectivity index is 1.10. The monoisotopic (exact) mass is 791 g/mol. The van der Waals surface area contributed by atoms with Gasteiger partial charge < -0.3 is 4.90 Å². The molecule has 294 valence electrons. The van der Waals surface area contributed by atoms with Crippen LogP contribution in [0, 0.1) is 0 Å². The standard InChI is InChI=1S/C61H45N/c1-61(2)58-33-14-13-28-55(58)56-39-38-49(41-59(56)61)62(47-36-34-45(35-37-47)51-30-16-23-43-22-9-10-26-50(43)51)48-25-15-24-46(40-48)54-32-17-31-53(44-20-7-4-8-21-44)60(54)57-29-12-11-27-52(57)42-18-5-3-6-19-42/h3-41H,1-2H3. The van der Waals surface area contributed by atoms with Crippen molar-refractivity contribution in [2.75, 3.05) is 4.90 Å². The van der Waals surface area contributed by atoms with E-state index in [2.05, 4.69) is 255 Å². The zero-order valence-electron chi connectivity index (χ0n) is 35.0. The molecular formula is C61H45N. The molecule has 0 bridgehead atoms. The zero-order valence-corrected chi connectivity index (χ0v) is 35.0. The summed E-state index contributed by atoms with van der Waals surface area (Å²) in [5.41, 5.74) is 20.6. The van der Waals surface area contributed by atoms with Gasteiger partial charge in [0.1, 0.15) is 0 Å². The van der Waals surface area contributed by atoms with Crippen molar-refractivity contribution in [3.63, 3.8) is 0 Å². The normalized spacial score (nSPS) is 12.5. The molecule has 1 heteroatoms. The third-order valence-corrected chi connectivity index (χ3v) is 12.9. The first-order chi connectivity index (χ1) is 30.5. The van der Waals surface area contributed by atoms with E-state index >= 15 is 0 Å². The Morgan fingerprint density at radius 3 is 1.55 bits per heavy atom. The van der Waals surface area contributed by atoms with Crippen LogP contribution in [-0.2, 0) is 5.41 Å². The molecule has 0 spiro atoms. The highest BCUT2D eigenvalue weighted by atomic mass is 15.1. The molecule has 0 aliphatic heterocycles. The Labute approximate surface area is 364 Å². The summed E-state index contributed by atoms with van der Waals surface area (Å²) < 4.78 is 0. The topological polar surface area (TPSA) is 3.24 Å². The lowest BCUT2D eigenvalue weighted by atomic mass is 9.82. The van der Waals surface area contributed by atoms with Crippen molar-refractivity contribution in [3.05, 3.63) is 248 Å². The average molecular weight is 792 g/mol. The first kappa shape index (κ1) is 37.3. The van der Waals surface area contributed by atoms with E-state index in [0.717, 1.165) is 22.6 Å². The smallest absolute Gasteiger partial charge is 0.0467 e. The largest absolute Gasteiger partial charge is 0.310 e. The summed E-state index contributed by atoms with van der Waals surface area (Å²) in [5, 5.41) is 2.51. The van der Waals surface area contributed by atoms with Crippen molar-refractivity contribution in [3.8, 4) is 66.8 Å². The van der Waals surface area contributed by atoms with E-state index in [1.54, 1.807) is 0 Å². The highest BCUT2D eigenvalue weighted by Gasteiger charge is 2.35. The SMILES string of the molecule is CC1(C)c2ccccc2-c2ccc(N(c3ccc(-c4cccc5ccccc45)cc3)c3cccc(-c4cccc(-c5ccccc5)c4-c4ccccc4-c4ccccc4)c3)cc21. The summed E-state index contributed by atoms with van der Waals surface area (Å²) in [6, 6.07) is 86.7. The van der Waals surface area contributed by atoms with Crippen molar-refractivity contribution < 1.29 is 0 Å². The van der Waals surface area contributed by atoms with E-state index in [1.807, 2.05) is 0 Å². The van der Waals surface area contributed by atoms with E-state index < -0.39 is 0 Å². The highest BCUT2D eigenvalue weighted by molar-refractivity contribution is 6.01. The van der Waals surface area contributed by atoms with Gasteiger partial charge in [-0.25, -0.2) is 0 Å². The molecule has 0 amide bonds. The van der Waals surface area contributed by atoms with E-state index in [0.29, 0.717) is 0 Å². The highest BCUT2D eigenvalue weighted by Crippen LogP contribution is 2.51. The van der Waals surface area contributed by atoms with Gasteiger partial charge in [-0.15, -0.1) is 0 Å². The van der Waals surface area contributed by atoms with Crippen molar-refractivity contribution in [2.45, 2.75) is 19.3 Å². The summed E-state index contributed by atoms with van der Waals surface area (Å²) in [7, 11) is 0.